The number of nitrogens with zero attached hydrogens (tertiary/aromatic N) is 2. The van der Waals surface area contributed by atoms with Crippen molar-refractivity contribution in [3.8, 4) is 28.2 Å². The minimum absolute atomic E-state index is 0.0260. The van der Waals surface area contributed by atoms with Crippen LogP contribution in [0.3, 0.4) is 0 Å². The maximum atomic E-state index is 6.78. The Labute approximate surface area is 259 Å². The van der Waals surface area contributed by atoms with E-state index in [1.54, 1.807) is 0 Å². The number of furan rings is 1. The zero-order chi connectivity index (χ0) is 29.8. The molecule has 0 amide bonds. The molecule has 1 aliphatic rings. The summed E-state index contributed by atoms with van der Waals surface area (Å²) in [5.41, 5.74) is 11.2. The lowest BCUT2D eigenvalue weighted by atomic mass is 9.84. The standard InChI is InChI=1S/C41H38N2O/c1-41(2,3)30-22-24-36(34(26-30)28-15-8-5-9-16-28)43-37-20-11-10-19-35(37)42-40(43)33-18-12-17-32-31-23-21-29(25-38(31)44-39(32)33)27-13-6-4-7-14-27/h5,8-12,15-27H,4,6-7,13-14H2,1-3H3. The van der Waals surface area contributed by atoms with E-state index < -0.39 is 0 Å². The fourth-order valence-corrected chi connectivity index (χ4v) is 7.18. The van der Waals surface area contributed by atoms with E-state index in [2.05, 4.69) is 135 Å². The van der Waals surface area contributed by atoms with Gasteiger partial charge in [-0.05, 0) is 77.3 Å². The number of rotatable bonds is 4. The minimum Gasteiger partial charge on any atom is -0.455 e. The summed E-state index contributed by atoms with van der Waals surface area (Å²) in [5.74, 6) is 1.53. The molecule has 3 heteroatoms. The number of fused-ring (bicyclic) bond motifs is 4. The average molecular weight is 575 g/mol. The molecule has 0 N–H and O–H groups in total. The van der Waals surface area contributed by atoms with Crippen LogP contribution in [-0.2, 0) is 5.41 Å². The molecule has 0 spiro atoms. The molecule has 2 aromatic heterocycles. The van der Waals surface area contributed by atoms with Gasteiger partial charge in [-0.15, -0.1) is 0 Å². The van der Waals surface area contributed by atoms with E-state index >= 15 is 0 Å². The number of hydrogen-bond donors (Lipinski definition) is 0. The molecule has 2 heterocycles. The molecule has 218 valence electrons. The van der Waals surface area contributed by atoms with Crippen molar-refractivity contribution < 1.29 is 4.42 Å². The van der Waals surface area contributed by atoms with Crippen molar-refractivity contribution in [1.82, 2.24) is 9.55 Å². The van der Waals surface area contributed by atoms with Crippen molar-refractivity contribution in [3.05, 3.63) is 120 Å². The Hall–Kier alpha value is -4.63. The summed E-state index contributed by atoms with van der Waals surface area (Å²) in [6.45, 7) is 6.82. The SMILES string of the molecule is CC(C)(C)c1ccc(-n2c(-c3cccc4c3oc3cc(C5CCCCC5)ccc34)nc3ccccc32)c(-c2ccccc2)c1. The van der Waals surface area contributed by atoms with E-state index in [9.17, 15) is 0 Å². The molecule has 8 rings (SSSR count). The zero-order valence-electron chi connectivity index (χ0n) is 25.8. The Morgan fingerprint density at radius 1 is 0.705 bits per heavy atom. The van der Waals surface area contributed by atoms with Crippen LogP contribution in [0.15, 0.2) is 114 Å². The van der Waals surface area contributed by atoms with Gasteiger partial charge in [-0.25, -0.2) is 4.98 Å². The monoisotopic (exact) mass is 574 g/mol. The first-order valence-electron chi connectivity index (χ1n) is 16.1. The van der Waals surface area contributed by atoms with E-state index in [1.165, 1.54) is 59.7 Å². The predicted molar refractivity (Wildman–Crippen MR) is 184 cm³/mol. The normalized spacial score (nSPS) is 14.6. The van der Waals surface area contributed by atoms with Crippen LogP contribution >= 0.6 is 0 Å². The van der Waals surface area contributed by atoms with Gasteiger partial charge >= 0.3 is 0 Å². The second kappa shape index (κ2) is 10.5. The Morgan fingerprint density at radius 2 is 1.50 bits per heavy atom. The lowest BCUT2D eigenvalue weighted by Crippen LogP contribution is -2.12. The maximum Gasteiger partial charge on any atom is 0.149 e. The number of benzene rings is 5. The van der Waals surface area contributed by atoms with E-state index in [0.717, 1.165) is 44.7 Å². The van der Waals surface area contributed by atoms with E-state index in [0.29, 0.717) is 5.92 Å². The molecule has 1 saturated carbocycles. The van der Waals surface area contributed by atoms with Gasteiger partial charge < -0.3 is 4.42 Å². The lowest BCUT2D eigenvalue weighted by molar-refractivity contribution is 0.443. The lowest BCUT2D eigenvalue weighted by Gasteiger charge is -2.23. The van der Waals surface area contributed by atoms with Gasteiger partial charge in [0.15, 0.2) is 0 Å². The first-order valence-corrected chi connectivity index (χ1v) is 16.1. The van der Waals surface area contributed by atoms with Crippen molar-refractivity contribution in [2.24, 2.45) is 0 Å². The number of imidazole rings is 1. The topological polar surface area (TPSA) is 31.0 Å². The minimum atomic E-state index is 0.0260. The summed E-state index contributed by atoms with van der Waals surface area (Å²) < 4.78 is 9.11. The first-order chi connectivity index (χ1) is 21.5. The van der Waals surface area contributed by atoms with Crippen LogP contribution in [0.25, 0.3) is 61.2 Å². The van der Waals surface area contributed by atoms with Gasteiger partial charge in [0.2, 0.25) is 0 Å². The summed E-state index contributed by atoms with van der Waals surface area (Å²) in [6, 6.07) is 39.5. The predicted octanol–water partition coefficient (Wildman–Crippen LogP) is 11.6. The van der Waals surface area contributed by atoms with Crippen LogP contribution < -0.4 is 0 Å². The van der Waals surface area contributed by atoms with Gasteiger partial charge in [-0.1, -0.05) is 113 Å². The Bertz CT molecular complexity index is 2140. The molecule has 44 heavy (non-hydrogen) atoms. The molecule has 5 aromatic carbocycles. The fraction of sp³-hybridized carbons (Fsp3) is 0.244. The van der Waals surface area contributed by atoms with E-state index in [-0.39, 0.29) is 5.41 Å². The number of aromatic nitrogens is 2. The molecule has 0 unspecified atom stereocenters. The Morgan fingerprint density at radius 3 is 2.32 bits per heavy atom. The van der Waals surface area contributed by atoms with Crippen LogP contribution in [-0.4, -0.2) is 9.55 Å². The molecule has 0 atom stereocenters. The van der Waals surface area contributed by atoms with Crippen molar-refractivity contribution >= 4 is 33.0 Å². The number of para-hydroxylation sites is 3. The second-order valence-electron chi connectivity index (χ2n) is 13.5. The highest BCUT2D eigenvalue weighted by atomic mass is 16.3. The molecule has 3 nitrogen and oxygen atoms in total. The Balaban J connectivity index is 1.37. The highest BCUT2D eigenvalue weighted by Crippen LogP contribution is 2.42. The molecule has 0 aliphatic heterocycles. The summed E-state index contributed by atoms with van der Waals surface area (Å²) in [6.07, 6.45) is 6.56. The highest BCUT2D eigenvalue weighted by Gasteiger charge is 2.24. The fourth-order valence-electron chi connectivity index (χ4n) is 7.18. The first kappa shape index (κ1) is 27.0. The van der Waals surface area contributed by atoms with Crippen molar-refractivity contribution in [2.45, 2.75) is 64.2 Å². The highest BCUT2D eigenvalue weighted by molar-refractivity contribution is 6.09. The second-order valence-corrected chi connectivity index (χ2v) is 13.5. The maximum absolute atomic E-state index is 6.78. The summed E-state index contributed by atoms with van der Waals surface area (Å²) in [7, 11) is 0. The molecule has 0 bridgehead atoms. The van der Waals surface area contributed by atoms with Gasteiger partial charge in [0.05, 0.1) is 22.3 Å². The smallest absolute Gasteiger partial charge is 0.149 e. The van der Waals surface area contributed by atoms with Gasteiger partial charge in [0.25, 0.3) is 0 Å². The summed E-state index contributed by atoms with van der Waals surface area (Å²) >= 11 is 0. The van der Waals surface area contributed by atoms with Crippen LogP contribution in [0.5, 0.6) is 0 Å². The molecule has 1 aliphatic carbocycles. The van der Waals surface area contributed by atoms with Crippen LogP contribution in [0, 0.1) is 0 Å². The molecular formula is C41H38N2O. The Kier molecular flexibility index (Phi) is 6.45. The van der Waals surface area contributed by atoms with Crippen molar-refractivity contribution in [3.63, 3.8) is 0 Å². The third-order valence-electron chi connectivity index (χ3n) is 9.59. The van der Waals surface area contributed by atoms with Crippen LogP contribution in [0.2, 0.25) is 0 Å². The summed E-state index contributed by atoms with van der Waals surface area (Å²) in [5, 5.41) is 2.31. The molecule has 0 radical (unpaired) electrons. The van der Waals surface area contributed by atoms with Crippen LogP contribution in [0.1, 0.15) is 69.9 Å². The number of hydrogen-bond acceptors (Lipinski definition) is 2. The van der Waals surface area contributed by atoms with Crippen LogP contribution in [0.4, 0.5) is 0 Å². The van der Waals surface area contributed by atoms with Gasteiger partial charge in [-0.3, -0.25) is 4.57 Å². The third-order valence-corrected chi connectivity index (χ3v) is 9.59. The largest absolute Gasteiger partial charge is 0.455 e. The van der Waals surface area contributed by atoms with Crippen molar-refractivity contribution in [1.29, 1.82) is 0 Å². The molecule has 7 aromatic rings. The molecule has 0 saturated heterocycles. The molecule has 1 fully saturated rings. The van der Waals surface area contributed by atoms with E-state index in [1.807, 2.05) is 0 Å². The van der Waals surface area contributed by atoms with Crippen molar-refractivity contribution in [2.75, 3.05) is 0 Å². The van der Waals surface area contributed by atoms with Gasteiger partial charge in [0.1, 0.15) is 17.0 Å². The zero-order valence-corrected chi connectivity index (χ0v) is 25.8. The average Bonchev–Trinajstić information content (AvgIpc) is 3.63. The summed E-state index contributed by atoms with van der Waals surface area (Å²) in [4.78, 5) is 5.28. The third kappa shape index (κ3) is 4.54. The quantitative estimate of drug-likeness (QED) is 0.209. The van der Waals surface area contributed by atoms with Gasteiger partial charge in [-0.2, -0.15) is 0 Å². The van der Waals surface area contributed by atoms with E-state index in [4.69, 9.17) is 9.40 Å². The van der Waals surface area contributed by atoms with Gasteiger partial charge in [0, 0.05) is 16.3 Å². The molecular weight excluding hydrogens is 536 g/mol.